The van der Waals surface area contributed by atoms with E-state index in [1.807, 2.05) is 5.38 Å². The molecule has 18 heavy (non-hydrogen) atoms. The Morgan fingerprint density at radius 3 is 2.78 bits per heavy atom. The molecule has 2 aromatic rings. The number of carbonyl (C=O) groups is 1. The van der Waals surface area contributed by atoms with E-state index < -0.39 is 0 Å². The van der Waals surface area contributed by atoms with Gasteiger partial charge >= 0.3 is 0 Å². The van der Waals surface area contributed by atoms with Crippen LogP contribution in [-0.4, -0.2) is 16.2 Å². The maximum absolute atomic E-state index is 12.8. The number of nitrogens with zero attached hydrogens (tertiary/aromatic N) is 1. The molecule has 1 amide bonds. The van der Waals surface area contributed by atoms with Crippen LogP contribution in [-0.2, 0) is 4.79 Å². The minimum absolute atomic E-state index is 0.0770. The second kappa shape index (κ2) is 6.06. The fraction of sp³-hybridized carbons (Fsp3) is 0.167. The molecule has 1 aromatic heterocycles. The second-order valence-corrected chi connectivity index (χ2v) is 5.18. The maximum Gasteiger partial charge on any atom is 0.226 e. The van der Waals surface area contributed by atoms with Crippen molar-refractivity contribution in [3.63, 3.8) is 0 Å². The molecule has 0 aliphatic carbocycles. The van der Waals surface area contributed by atoms with E-state index in [0.29, 0.717) is 16.9 Å². The molecular formula is C12H10BrFN2OS. The van der Waals surface area contributed by atoms with E-state index in [4.69, 9.17) is 0 Å². The number of carbonyl (C=O) groups excluding carboxylic acids is 1. The van der Waals surface area contributed by atoms with Gasteiger partial charge in [0.2, 0.25) is 5.91 Å². The highest BCUT2D eigenvalue weighted by Gasteiger charge is 2.07. The Morgan fingerprint density at radius 2 is 2.11 bits per heavy atom. The lowest BCUT2D eigenvalue weighted by Crippen LogP contribution is -2.11. The summed E-state index contributed by atoms with van der Waals surface area (Å²) < 4.78 is 12.8. The van der Waals surface area contributed by atoms with Crippen LogP contribution >= 0.6 is 27.3 Å². The molecular weight excluding hydrogens is 319 g/mol. The number of thiazole rings is 1. The zero-order valence-electron chi connectivity index (χ0n) is 9.32. The largest absolute Gasteiger partial charge is 0.302 e. The molecule has 94 valence electrons. The molecule has 0 atom stereocenters. The van der Waals surface area contributed by atoms with Crippen molar-refractivity contribution in [2.24, 2.45) is 0 Å². The Morgan fingerprint density at radius 1 is 1.39 bits per heavy atom. The summed E-state index contributed by atoms with van der Waals surface area (Å²) >= 11 is 4.55. The van der Waals surface area contributed by atoms with E-state index in [2.05, 4.69) is 26.2 Å². The molecule has 1 N–H and O–H groups in total. The van der Waals surface area contributed by atoms with Crippen LogP contribution in [0.15, 0.2) is 29.6 Å². The highest BCUT2D eigenvalue weighted by atomic mass is 79.9. The van der Waals surface area contributed by atoms with Crippen molar-refractivity contribution in [2.45, 2.75) is 6.42 Å². The van der Waals surface area contributed by atoms with Crippen molar-refractivity contribution >= 4 is 38.3 Å². The number of benzene rings is 1. The summed E-state index contributed by atoms with van der Waals surface area (Å²) in [5.41, 5.74) is 1.56. The monoisotopic (exact) mass is 328 g/mol. The van der Waals surface area contributed by atoms with Gasteiger partial charge in [-0.1, -0.05) is 15.9 Å². The first kappa shape index (κ1) is 13.2. The van der Waals surface area contributed by atoms with E-state index in [1.165, 1.54) is 23.5 Å². The molecule has 0 fully saturated rings. The van der Waals surface area contributed by atoms with Gasteiger partial charge in [-0.2, -0.15) is 0 Å². The van der Waals surface area contributed by atoms with Gasteiger partial charge in [0.15, 0.2) is 5.13 Å². The zero-order chi connectivity index (χ0) is 13.0. The van der Waals surface area contributed by atoms with Gasteiger partial charge in [-0.25, -0.2) is 9.37 Å². The Balaban J connectivity index is 2.10. The summed E-state index contributed by atoms with van der Waals surface area (Å²) in [7, 11) is 0. The average molecular weight is 329 g/mol. The van der Waals surface area contributed by atoms with Crippen molar-refractivity contribution in [2.75, 3.05) is 10.6 Å². The molecule has 0 saturated carbocycles. The smallest absolute Gasteiger partial charge is 0.226 e. The number of nitrogens with one attached hydrogen (secondary N) is 1. The van der Waals surface area contributed by atoms with E-state index >= 15 is 0 Å². The van der Waals surface area contributed by atoms with Gasteiger partial charge in [-0.3, -0.25) is 4.79 Å². The minimum atomic E-state index is -0.278. The Labute approximate surface area is 116 Å². The van der Waals surface area contributed by atoms with Crippen LogP contribution in [0.5, 0.6) is 0 Å². The molecule has 0 saturated heterocycles. The molecule has 0 aliphatic rings. The molecule has 0 unspecified atom stereocenters. The van der Waals surface area contributed by atoms with Gasteiger partial charge in [-0.15, -0.1) is 11.3 Å². The minimum Gasteiger partial charge on any atom is -0.302 e. The SMILES string of the molecule is O=C(CCBr)Nc1nc(-c2ccc(F)cc2)cs1. The zero-order valence-corrected chi connectivity index (χ0v) is 11.7. The third-order valence-electron chi connectivity index (χ3n) is 2.21. The number of amides is 1. The first-order chi connectivity index (χ1) is 8.69. The number of halogens is 2. The van der Waals surface area contributed by atoms with Gasteiger partial charge < -0.3 is 5.32 Å². The maximum atomic E-state index is 12.8. The number of alkyl halides is 1. The van der Waals surface area contributed by atoms with Gasteiger partial charge in [0.1, 0.15) is 5.82 Å². The van der Waals surface area contributed by atoms with Crippen molar-refractivity contribution in [1.82, 2.24) is 4.98 Å². The Kier molecular flexibility index (Phi) is 4.43. The molecule has 0 radical (unpaired) electrons. The topological polar surface area (TPSA) is 42.0 Å². The van der Waals surface area contributed by atoms with Gasteiger partial charge in [0, 0.05) is 22.7 Å². The summed E-state index contributed by atoms with van der Waals surface area (Å²) in [6.07, 6.45) is 0.408. The van der Waals surface area contributed by atoms with E-state index in [9.17, 15) is 9.18 Å². The van der Waals surface area contributed by atoms with Crippen LogP contribution in [0.1, 0.15) is 6.42 Å². The predicted octanol–water partition coefficient (Wildman–Crippen LogP) is 3.67. The summed E-state index contributed by atoms with van der Waals surface area (Å²) in [5, 5.41) is 5.71. The highest BCUT2D eigenvalue weighted by molar-refractivity contribution is 9.09. The summed E-state index contributed by atoms with van der Waals surface area (Å²) in [4.78, 5) is 15.7. The lowest BCUT2D eigenvalue weighted by Gasteiger charge is -1.98. The first-order valence-electron chi connectivity index (χ1n) is 5.26. The predicted molar refractivity (Wildman–Crippen MR) is 74.5 cm³/mol. The quantitative estimate of drug-likeness (QED) is 0.870. The molecule has 3 nitrogen and oxygen atoms in total. The lowest BCUT2D eigenvalue weighted by atomic mass is 10.2. The highest BCUT2D eigenvalue weighted by Crippen LogP contribution is 2.25. The fourth-order valence-electron chi connectivity index (χ4n) is 1.35. The van der Waals surface area contributed by atoms with Crippen molar-refractivity contribution in [3.8, 4) is 11.3 Å². The van der Waals surface area contributed by atoms with Crippen molar-refractivity contribution < 1.29 is 9.18 Å². The number of anilines is 1. The van der Waals surface area contributed by atoms with E-state index in [-0.39, 0.29) is 11.7 Å². The Bertz CT molecular complexity index is 541. The van der Waals surface area contributed by atoms with Gasteiger partial charge in [0.05, 0.1) is 5.69 Å². The number of aromatic nitrogens is 1. The normalized spacial score (nSPS) is 10.3. The third-order valence-corrected chi connectivity index (χ3v) is 3.37. The number of hydrogen-bond donors (Lipinski definition) is 1. The summed E-state index contributed by atoms with van der Waals surface area (Å²) in [5.74, 6) is -0.355. The standard InChI is InChI=1S/C12H10BrFN2OS/c13-6-5-11(17)16-12-15-10(7-18-12)8-1-3-9(14)4-2-8/h1-4,7H,5-6H2,(H,15,16,17). The molecule has 2 rings (SSSR count). The van der Waals surface area contributed by atoms with Crippen molar-refractivity contribution in [1.29, 1.82) is 0 Å². The van der Waals surface area contributed by atoms with Crippen LogP contribution in [0, 0.1) is 5.82 Å². The Hall–Kier alpha value is -1.27. The number of hydrogen-bond acceptors (Lipinski definition) is 3. The molecule has 6 heteroatoms. The summed E-state index contributed by atoms with van der Waals surface area (Å²) in [6, 6.07) is 6.10. The molecule has 0 bridgehead atoms. The van der Waals surface area contributed by atoms with E-state index in [0.717, 1.165) is 11.3 Å². The molecule has 0 spiro atoms. The molecule has 1 aromatic carbocycles. The van der Waals surface area contributed by atoms with E-state index in [1.54, 1.807) is 12.1 Å². The molecule has 1 heterocycles. The number of rotatable bonds is 4. The molecule has 0 aliphatic heterocycles. The van der Waals surface area contributed by atoms with Gasteiger partial charge in [-0.05, 0) is 24.3 Å². The summed E-state index contributed by atoms with van der Waals surface area (Å²) in [6.45, 7) is 0. The van der Waals surface area contributed by atoms with Crippen LogP contribution in [0.4, 0.5) is 9.52 Å². The first-order valence-corrected chi connectivity index (χ1v) is 7.26. The van der Waals surface area contributed by atoms with Crippen molar-refractivity contribution in [3.05, 3.63) is 35.5 Å². The lowest BCUT2D eigenvalue weighted by molar-refractivity contribution is -0.115. The van der Waals surface area contributed by atoms with Crippen LogP contribution in [0.3, 0.4) is 0 Å². The fourth-order valence-corrected chi connectivity index (χ4v) is 2.45. The second-order valence-electron chi connectivity index (χ2n) is 3.53. The van der Waals surface area contributed by atoms with Crippen LogP contribution in [0.25, 0.3) is 11.3 Å². The average Bonchev–Trinajstić information content (AvgIpc) is 2.78. The third kappa shape index (κ3) is 3.36. The van der Waals surface area contributed by atoms with Gasteiger partial charge in [0.25, 0.3) is 0 Å². The van der Waals surface area contributed by atoms with Crippen LogP contribution in [0.2, 0.25) is 0 Å². The van der Waals surface area contributed by atoms with Crippen LogP contribution < -0.4 is 5.32 Å².